The van der Waals surface area contributed by atoms with E-state index in [2.05, 4.69) is 13.8 Å². The van der Waals surface area contributed by atoms with Crippen molar-refractivity contribution in [3.05, 3.63) is 106 Å². The van der Waals surface area contributed by atoms with Crippen LogP contribution in [-0.4, -0.2) is 41.7 Å². The molecular weight excluding hydrogens is 713 g/mol. The Labute approximate surface area is 329 Å². The maximum absolute atomic E-state index is 13.9. The number of anilines is 1. The first kappa shape index (κ1) is 41.7. The molecule has 0 saturated heterocycles. The molecule has 0 N–H and O–H groups in total. The van der Waals surface area contributed by atoms with E-state index < -0.39 is 55.6 Å². The number of esters is 3. The highest BCUT2D eigenvalue weighted by atomic mass is 16.6. The van der Waals surface area contributed by atoms with Crippen LogP contribution in [0.5, 0.6) is 17.2 Å². The number of nitro groups is 1. The van der Waals surface area contributed by atoms with Gasteiger partial charge in [-0.15, -0.1) is 0 Å². The van der Waals surface area contributed by atoms with Crippen molar-refractivity contribution in [2.45, 2.75) is 94.2 Å². The van der Waals surface area contributed by atoms with Crippen LogP contribution >= 0.6 is 0 Å². The second-order valence-electron chi connectivity index (χ2n) is 17.7. The summed E-state index contributed by atoms with van der Waals surface area (Å²) >= 11 is 0. The van der Waals surface area contributed by atoms with Crippen LogP contribution in [0.4, 0.5) is 11.4 Å². The molecular formula is C45H54N2O9. The van der Waals surface area contributed by atoms with Crippen LogP contribution < -0.4 is 19.1 Å². The average molecular weight is 767 g/mol. The van der Waals surface area contributed by atoms with Crippen molar-refractivity contribution in [3.63, 3.8) is 0 Å². The van der Waals surface area contributed by atoms with Crippen LogP contribution in [-0.2, 0) is 19.7 Å². The van der Waals surface area contributed by atoms with Gasteiger partial charge in [0.25, 0.3) is 5.69 Å². The molecule has 0 saturated carbocycles. The van der Waals surface area contributed by atoms with Gasteiger partial charge in [-0.1, -0.05) is 65.0 Å². The van der Waals surface area contributed by atoms with E-state index in [0.717, 1.165) is 11.3 Å². The van der Waals surface area contributed by atoms with Crippen LogP contribution in [0, 0.1) is 31.8 Å². The first-order valence-corrected chi connectivity index (χ1v) is 18.8. The van der Waals surface area contributed by atoms with Gasteiger partial charge in [-0.3, -0.25) is 19.7 Å². The number of hydrogen-bond acceptors (Lipinski definition) is 10. The molecule has 3 aromatic carbocycles. The summed E-state index contributed by atoms with van der Waals surface area (Å²) in [5.41, 5.74) is -2.08. The number of nitro benzene ring substituents is 1. The number of allylic oxidation sites excluding steroid dienone is 2. The quantitative estimate of drug-likeness (QED) is 0.0610. The second kappa shape index (κ2) is 14.6. The number of ether oxygens (including phenoxy) is 4. The molecule has 56 heavy (non-hydrogen) atoms. The molecule has 5 rings (SSSR count). The molecule has 0 bridgehead atoms. The summed E-state index contributed by atoms with van der Waals surface area (Å²) in [5, 5.41) is 11.5. The maximum Gasteiger partial charge on any atom is 0.338 e. The molecule has 1 atom stereocenters. The van der Waals surface area contributed by atoms with Crippen molar-refractivity contribution >= 4 is 35.4 Å². The zero-order valence-corrected chi connectivity index (χ0v) is 34.6. The molecule has 1 unspecified atom stereocenters. The van der Waals surface area contributed by atoms with Gasteiger partial charge in [-0.2, -0.15) is 0 Å². The minimum absolute atomic E-state index is 0.0263. The predicted molar refractivity (Wildman–Crippen MR) is 216 cm³/mol. The lowest BCUT2D eigenvalue weighted by Crippen LogP contribution is -2.60. The third-order valence-corrected chi connectivity index (χ3v) is 12.3. The molecule has 1 spiro atoms. The predicted octanol–water partition coefficient (Wildman–Crippen LogP) is 9.86. The molecule has 2 aliphatic heterocycles. The largest absolute Gasteiger partial charge is 0.463 e. The topological polar surface area (TPSA) is 135 Å². The molecule has 298 valence electrons. The number of carbonyl (C=O) groups excluding carboxylic acids is 3. The van der Waals surface area contributed by atoms with Gasteiger partial charge in [0, 0.05) is 29.4 Å². The smallest absolute Gasteiger partial charge is 0.338 e. The lowest BCUT2D eigenvalue weighted by Gasteiger charge is -2.47. The van der Waals surface area contributed by atoms with E-state index in [0.29, 0.717) is 11.3 Å². The number of rotatable bonds is 11. The highest BCUT2D eigenvalue weighted by Crippen LogP contribution is 2.55. The Morgan fingerprint density at radius 3 is 2.05 bits per heavy atom. The van der Waals surface area contributed by atoms with Gasteiger partial charge in [0.1, 0.15) is 23.9 Å². The summed E-state index contributed by atoms with van der Waals surface area (Å²) in [6, 6.07) is 16.6. The van der Waals surface area contributed by atoms with Gasteiger partial charge >= 0.3 is 17.9 Å². The van der Waals surface area contributed by atoms with Crippen molar-refractivity contribution in [2.24, 2.45) is 21.7 Å². The van der Waals surface area contributed by atoms with E-state index in [4.69, 9.17) is 18.9 Å². The van der Waals surface area contributed by atoms with E-state index >= 15 is 0 Å². The number of benzene rings is 3. The van der Waals surface area contributed by atoms with Crippen LogP contribution in [0.25, 0.3) is 6.08 Å². The SMILES string of the molecule is CC=CC(C)(C)C(C)(C)C(=O)Oc1cc(OC(=O)C(C)(C)C(C)(C)C)cc(C(=O)OCCN2c3ccccc3C(C)(C)C23C=Cc2cc([N+](=O)[O-])ccc2O3)c1. The molecule has 3 aromatic rings. The van der Waals surface area contributed by atoms with E-state index in [1.54, 1.807) is 33.8 Å². The fraction of sp³-hybridized carbons (Fsp3) is 0.444. The monoisotopic (exact) mass is 766 g/mol. The van der Waals surface area contributed by atoms with Gasteiger partial charge in [0.2, 0.25) is 5.72 Å². The van der Waals surface area contributed by atoms with E-state index in [1.165, 1.54) is 30.3 Å². The number of non-ortho nitro benzene ring substituents is 1. The highest BCUT2D eigenvalue weighted by Gasteiger charge is 2.58. The minimum atomic E-state index is -1.06. The molecule has 2 heterocycles. The van der Waals surface area contributed by atoms with Crippen molar-refractivity contribution in [1.82, 2.24) is 0 Å². The van der Waals surface area contributed by atoms with Crippen molar-refractivity contribution < 1.29 is 38.3 Å². The summed E-state index contributed by atoms with van der Waals surface area (Å²) in [5.74, 6) is -1.22. The molecule has 11 heteroatoms. The maximum atomic E-state index is 13.9. The summed E-state index contributed by atoms with van der Waals surface area (Å²) in [7, 11) is 0. The zero-order chi connectivity index (χ0) is 41.6. The molecule has 11 nitrogen and oxygen atoms in total. The van der Waals surface area contributed by atoms with Gasteiger partial charge in [-0.25, -0.2) is 4.79 Å². The number of nitrogens with zero attached hydrogens (tertiary/aromatic N) is 2. The summed E-state index contributed by atoms with van der Waals surface area (Å²) in [4.78, 5) is 54.1. The highest BCUT2D eigenvalue weighted by molar-refractivity contribution is 5.91. The average Bonchev–Trinajstić information content (AvgIpc) is 3.28. The first-order chi connectivity index (χ1) is 25.9. The van der Waals surface area contributed by atoms with Crippen molar-refractivity contribution in [1.29, 1.82) is 0 Å². The second-order valence-corrected chi connectivity index (χ2v) is 17.7. The first-order valence-electron chi connectivity index (χ1n) is 18.8. The van der Waals surface area contributed by atoms with Crippen LogP contribution in [0.2, 0.25) is 0 Å². The van der Waals surface area contributed by atoms with E-state index in [9.17, 15) is 24.5 Å². The normalized spacial score (nSPS) is 17.6. The van der Waals surface area contributed by atoms with Crippen LogP contribution in [0.15, 0.2) is 78.9 Å². The lowest BCUT2D eigenvalue weighted by molar-refractivity contribution is -0.384. The molecule has 0 aromatic heterocycles. The van der Waals surface area contributed by atoms with Crippen LogP contribution in [0.3, 0.4) is 0 Å². The Morgan fingerprint density at radius 1 is 0.857 bits per heavy atom. The molecule has 0 radical (unpaired) electrons. The zero-order valence-electron chi connectivity index (χ0n) is 34.6. The van der Waals surface area contributed by atoms with Crippen molar-refractivity contribution in [3.8, 4) is 17.2 Å². The summed E-state index contributed by atoms with van der Waals surface area (Å²) < 4.78 is 24.4. The van der Waals surface area contributed by atoms with Gasteiger partial charge in [0.15, 0.2) is 0 Å². The lowest BCUT2D eigenvalue weighted by atomic mass is 9.68. The Hall–Kier alpha value is -5.45. The summed E-state index contributed by atoms with van der Waals surface area (Å²) in [6.07, 6.45) is 7.55. The molecule has 0 fully saturated rings. The number of para-hydroxylation sites is 1. The van der Waals surface area contributed by atoms with E-state index in [1.807, 2.05) is 95.0 Å². The fourth-order valence-electron chi connectivity index (χ4n) is 6.78. The Bertz CT molecular complexity index is 2120. The number of hydrogen-bond donors (Lipinski definition) is 0. The molecule has 0 amide bonds. The Kier molecular flexibility index (Phi) is 10.8. The molecule has 2 aliphatic rings. The Morgan fingerprint density at radius 2 is 1.46 bits per heavy atom. The van der Waals surface area contributed by atoms with E-state index in [-0.39, 0.29) is 35.9 Å². The third kappa shape index (κ3) is 7.31. The van der Waals surface area contributed by atoms with Crippen LogP contribution in [0.1, 0.15) is 105 Å². The Balaban J connectivity index is 1.44. The van der Waals surface area contributed by atoms with Gasteiger partial charge in [-0.05, 0) is 101 Å². The third-order valence-electron chi connectivity index (χ3n) is 12.3. The van der Waals surface area contributed by atoms with Gasteiger partial charge < -0.3 is 23.8 Å². The van der Waals surface area contributed by atoms with Gasteiger partial charge in [0.05, 0.1) is 33.3 Å². The number of fused-ring (bicyclic) bond motifs is 2. The minimum Gasteiger partial charge on any atom is -0.463 e. The standard InChI is InChI=1S/C45H54N2O9/c1-13-21-41(5,6)44(11,12)39(50)55-33-27-30(26-32(28-33)54-38(49)43(9,10)40(2,3)4)37(48)53-24-23-46-35-17-15-14-16-34(35)42(7,8)45(46)22-20-29-25-31(47(51)52)18-19-36(29)56-45/h13-22,25-28H,23-24H2,1-12H3. The molecule has 0 aliphatic carbocycles. The fourth-order valence-corrected chi connectivity index (χ4v) is 6.78. The van der Waals surface area contributed by atoms with Crippen molar-refractivity contribution in [2.75, 3.05) is 18.1 Å². The summed E-state index contributed by atoms with van der Waals surface area (Å²) in [6.45, 7) is 23.0. The number of carbonyl (C=O) groups is 3.